The van der Waals surface area contributed by atoms with E-state index in [0.29, 0.717) is 11.6 Å². The first kappa shape index (κ1) is 15.9. The molecular formula is C18H19N5O. The van der Waals surface area contributed by atoms with E-state index in [9.17, 15) is 4.79 Å². The highest BCUT2D eigenvalue weighted by atomic mass is 16.1. The van der Waals surface area contributed by atoms with Gasteiger partial charge in [-0.25, -0.2) is 9.97 Å². The summed E-state index contributed by atoms with van der Waals surface area (Å²) in [5.74, 6) is 0.884. The molecule has 24 heavy (non-hydrogen) atoms. The third-order valence-electron chi connectivity index (χ3n) is 3.72. The average molecular weight is 321 g/mol. The van der Waals surface area contributed by atoms with Crippen molar-refractivity contribution in [2.45, 2.75) is 19.9 Å². The van der Waals surface area contributed by atoms with Crippen LogP contribution in [-0.4, -0.2) is 33.4 Å². The lowest BCUT2D eigenvalue weighted by Gasteiger charge is -2.27. The number of pyridine rings is 1. The topological polar surface area (TPSA) is 85.0 Å². The standard InChI is InChI=1S/C18H19N5O/c1-12(2)23(11-16(19)24)18-14-7-3-4-8-15(14)21-17(22-18)13-6-5-9-20-10-13/h3-10,12H,11H2,1-2H3,(H2,19,24). The second kappa shape index (κ2) is 6.62. The summed E-state index contributed by atoms with van der Waals surface area (Å²) in [6.07, 6.45) is 3.43. The van der Waals surface area contributed by atoms with Gasteiger partial charge in [-0.05, 0) is 38.1 Å². The maximum atomic E-state index is 11.5. The van der Waals surface area contributed by atoms with Crippen LogP contribution in [0.5, 0.6) is 0 Å². The molecule has 0 aliphatic heterocycles. The number of rotatable bonds is 5. The molecule has 0 aliphatic rings. The Kier molecular flexibility index (Phi) is 4.37. The minimum atomic E-state index is -0.394. The van der Waals surface area contributed by atoms with Crippen molar-refractivity contribution in [3.8, 4) is 11.4 Å². The van der Waals surface area contributed by atoms with E-state index in [-0.39, 0.29) is 12.6 Å². The lowest BCUT2D eigenvalue weighted by Crippen LogP contribution is -2.39. The van der Waals surface area contributed by atoms with Crippen molar-refractivity contribution < 1.29 is 4.79 Å². The van der Waals surface area contributed by atoms with E-state index < -0.39 is 5.91 Å². The molecule has 3 rings (SSSR count). The van der Waals surface area contributed by atoms with Crippen LogP contribution in [0.25, 0.3) is 22.3 Å². The summed E-state index contributed by atoms with van der Waals surface area (Å²) < 4.78 is 0. The third-order valence-corrected chi connectivity index (χ3v) is 3.72. The Morgan fingerprint density at radius 1 is 1.17 bits per heavy atom. The van der Waals surface area contributed by atoms with Gasteiger partial charge in [0.15, 0.2) is 5.82 Å². The first-order valence-corrected chi connectivity index (χ1v) is 7.78. The Bertz CT molecular complexity index is 864. The molecule has 2 N–H and O–H groups in total. The number of amides is 1. The fraction of sp³-hybridized carbons (Fsp3) is 0.222. The van der Waals surface area contributed by atoms with Crippen molar-refractivity contribution in [1.82, 2.24) is 15.0 Å². The van der Waals surface area contributed by atoms with Gasteiger partial charge in [-0.2, -0.15) is 0 Å². The maximum Gasteiger partial charge on any atom is 0.237 e. The van der Waals surface area contributed by atoms with Gasteiger partial charge < -0.3 is 10.6 Å². The molecule has 0 atom stereocenters. The molecule has 2 heterocycles. The minimum Gasteiger partial charge on any atom is -0.368 e. The molecule has 0 saturated carbocycles. The molecule has 6 nitrogen and oxygen atoms in total. The van der Waals surface area contributed by atoms with Gasteiger partial charge in [-0.1, -0.05) is 12.1 Å². The largest absolute Gasteiger partial charge is 0.368 e. The van der Waals surface area contributed by atoms with Crippen molar-refractivity contribution >= 4 is 22.6 Å². The Morgan fingerprint density at radius 2 is 1.96 bits per heavy atom. The van der Waals surface area contributed by atoms with Crippen molar-refractivity contribution in [1.29, 1.82) is 0 Å². The quantitative estimate of drug-likeness (QED) is 0.780. The second-order valence-corrected chi connectivity index (χ2v) is 5.82. The third kappa shape index (κ3) is 3.17. The van der Waals surface area contributed by atoms with Crippen LogP contribution in [0.1, 0.15) is 13.8 Å². The summed E-state index contributed by atoms with van der Waals surface area (Å²) in [6, 6.07) is 11.6. The molecule has 0 fully saturated rings. The number of primary amides is 1. The van der Waals surface area contributed by atoms with Gasteiger partial charge in [0, 0.05) is 29.4 Å². The first-order valence-electron chi connectivity index (χ1n) is 7.78. The highest BCUT2D eigenvalue weighted by Gasteiger charge is 2.19. The van der Waals surface area contributed by atoms with Crippen molar-refractivity contribution in [3.63, 3.8) is 0 Å². The Morgan fingerprint density at radius 3 is 2.62 bits per heavy atom. The molecule has 0 radical (unpaired) electrons. The predicted octanol–water partition coefficient (Wildman–Crippen LogP) is 2.39. The molecule has 122 valence electrons. The molecule has 1 amide bonds. The van der Waals surface area contributed by atoms with E-state index in [2.05, 4.69) is 9.97 Å². The number of benzene rings is 1. The lowest BCUT2D eigenvalue weighted by atomic mass is 10.1. The van der Waals surface area contributed by atoms with Crippen LogP contribution in [0.15, 0.2) is 48.8 Å². The summed E-state index contributed by atoms with van der Waals surface area (Å²) in [7, 11) is 0. The molecule has 2 aromatic heterocycles. The smallest absolute Gasteiger partial charge is 0.237 e. The highest BCUT2D eigenvalue weighted by molar-refractivity contribution is 5.92. The van der Waals surface area contributed by atoms with Crippen molar-refractivity contribution in [3.05, 3.63) is 48.8 Å². The summed E-state index contributed by atoms with van der Waals surface area (Å²) in [5.41, 5.74) is 7.07. The number of hydrogen-bond acceptors (Lipinski definition) is 5. The first-order chi connectivity index (χ1) is 11.6. The summed E-state index contributed by atoms with van der Waals surface area (Å²) >= 11 is 0. The normalized spacial score (nSPS) is 11.0. The molecule has 0 aliphatic carbocycles. The highest BCUT2D eigenvalue weighted by Crippen LogP contribution is 2.28. The Labute approximate surface area is 140 Å². The van der Waals surface area contributed by atoms with Gasteiger partial charge in [0.05, 0.1) is 12.1 Å². The molecule has 0 unspecified atom stereocenters. The molecular weight excluding hydrogens is 302 g/mol. The summed E-state index contributed by atoms with van der Waals surface area (Å²) in [4.78, 5) is 26.9. The number of carbonyl (C=O) groups excluding carboxylic acids is 1. The SMILES string of the molecule is CC(C)N(CC(N)=O)c1nc(-c2cccnc2)nc2ccccc12. The van der Waals surface area contributed by atoms with Crippen LogP contribution in [0.4, 0.5) is 5.82 Å². The maximum absolute atomic E-state index is 11.5. The second-order valence-electron chi connectivity index (χ2n) is 5.82. The van der Waals surface area contributed by atoms with Crippen molar-refractivity contribution in [2.75, 3.05) is 11.4 Å². The zero-order valence-corrected chi connectivity index (χ0v) is 13.7. The lowest BCUT2D eigenvalue weighted by molar-refractivity contribution is -0.116. The number of carbonyl (C=O) groups is 1. The van der Waals surface area contributed by atoms with Crippen LogP contribution in [0, 0.1) is 0 Å². The van der Waals surface area contributed by atoms with E-state index in [1.807, 2.05) is 55.1 Å². The van der Waals surface area contributed by atoms with Gasteiger partial charge in [-0.3, -0.25) is 9.78 Å². The van der Waals surface area contributed by atoms with E-state index in [0.717, 1.165) is 16.5 Å². The van der Waals surface area contributed by atoms with Crippen LogP contribution < -0.4 is 10.6 Å². The van der Waals surface area contributed by atoms with Gasteiger partial charge >= 0.3 is 0 Å². The number of nitrogens with two attached hydrogens (primary N) is 1. The molecule has 0 spiro atoms. The number of anilines is 1. The molecule has 1 aromatic carbocycles. The van der Waals surface area contributed by atoms with Crippen molar-refractivity contribution in [2.24, 2.45) is 5.73 Å². The zero-order chi connectivity index (χ0) is 17.1. The minimum absolute atomic E-state index is 0.0672. The fourth-order valence-electron chi connectivity index (χ4n) is 2.57. The van der Waals surface area contributed by atoms with E-state index in [1.165, 1.54) is 0 Å². The van der Waals surface area contributed by atoms with Gasteiger partial charge in [0.2, 0.25) is 5.91 Å². The summed E-state index contributed by atoms with van der Waals surface area (Å²) in [6.45, 7) is 4.11. The molecule has 0 bridgehead atoms. The number of hydrogen-bond donors (Lipinski definition) is 1. The number of nitrogens with zero attached hydrogens (tertiary/aromatic N) is 4. The number of para-hydroxylation sites is 1. The van der Waals surface area contributed by atoms with Crippen LogP contribution in [0.2, 0.25) is 0 Å². The Balaban J connectivity index is 2.22. The van der Waals surface area contributed by atoms with Gasteiger partial charge in [-0.15, -0.1) is 0 Å². The average Bonchev–Trinajstić information content (AvgIpc) is 2.59. The van der Waals surface area contributed by atoms with Crippen LogP contribution in [0.3, 0.4) is 0 Å². The van der Waals surface area contributed by atoms with Crippen LogP contribution >= 0.6 is 0 Å². The summed E-state index contributed by atoms with van der Waals surface area (Å²) in [5, 5.41) is 0.889. The molecule has 3 aromatic rings. The number of aromatic nitrogens is 3. The predicted molar refractivity (Wildman–Crippen MR) is 94.4 cm³/mol. The Hall–Kier alpha value is -3.02. The van der Waals surface area contributed by atoms with E-state index in [4.69, 9.17) is 10.7 Å². The monoisotopic (exact) mass is 321 g/mol. The fourth-order valence-corrected chi connectivity index (χ4v) is 2.57. The zero-order valence-electron chi connectivity index (χ0n) is 13.7. The molecule has 0 saturated heterocycles. The van der Waals surface area contributed by atoms with E-state index in [1.54, 1.807) is 12.4 Å². The van der Waals surface area contributed by atoms with Gasteiger partial charge in [0.25, 0.3) is 0 Å². The number of fused-ring (bicyclic) bond motifs is 1. The van der Waals surface area contributed by atoms with Gasteiger partial charge in [0.1, 0.15) is 5.82 Å². The van der Waals surface area contributed by atoms with Crippen LogP contribution in [-0.2, 0) is 4.79 Å². The molecule has 6 heteroatoms. The van der Waals surface area contributed by atoms with E-state index >= 15 is 0 Å².